The van der Waals surface area contributed by atoms with Crippen molar-refractivity contribution in [2.24, 2.45) is 0 Å². The van der Waals surface area contributed by atoms with E-state index in [0.29, 0.717) is 25.7 Å². The Morgan fingerprint density at radius 2 is 1.81 bits per heavy atom. The van der Waals surface area contributed by atoms with Crippen LogP contribution in [0.15, 0.2) is 24.3 Å². The highest BCUT2D eigenvalue weighted by Crippen LogP contribution is 2.21. The third-order valence-corrected chi connectivity index (χ3v) is 5.44. The summed E-state index contributed by atoms with van der Waals surface area (Å²) in [4.78, 5) is 30.7. The average Bonchev–Trinajstić information content (AvgIpc) is 2.72. The minimum Gasteiger partial charge on any atom is -0.369 e. The second kappa shape index (κ2) is 9.17. The number of carbonyl (C=O) groups is 2. The Hall–Kier alpha value is -2.15. The number of piperazine rings is 1. The molecule has 2 aliphatic heterocycles. The summed E-state index contributed by atoms with van der Waals surface area (Å²) >= 11 is 0. The molecule has 2 saturated heterocycles. The summed E-state index contributed by atoms with van der Waals surface area (Å²) in [5.74, 6) is -1.11. The van der Waals surface area contributed by atoms with Crippen LogP contribution in [0, 0.1) is 5.82 Å². The van der Waals surface area contributed by atoms with Gasteiger partial charge in [-0.05, 0) is 43.5 Å². The van der Waals surface area contributed by atoms with Crippen molar-refractivity contribution in [2.75, 3.05) is 50.7 Å². The number of piperidine rings is 1. The maximum atomic E-state index is 13.1. The molecule has 2 aliphatic rings. The molecule has 1 unspecified atom stereocenters. The molecule has 0 radical (unpaired) electrons. The second-order valence-corrected chi connectivity index (χ2v) is 7.30. The van der Waals surface area contributed by atoms with E-state index in [-0.39, 0.29) is 5.82 Å². The molecular formula is C20H29FN4O2. The number of nitrogens with zero attached hydrogens (tertiary/aromatic N) is 3. The highest BCUT2D eigenvalue weighted by atomic mass is 19.1. The first-order valence-corrected chi connectivity index (χ1v) is 9.90. The van der Waals surface area contributed by atoms with Crippen molar-refractivity contribution in [3.63, 3.8) is 0 Å². The van der Waals surface area contributed by atoms with E-state index >= 15 is 0 Å². The Balaban J connectivity index is 1.51. The van der Waals surface area contributed by atoms with Crippen LogP contribution in [0.5, 0.6) is 0 Å². The smallest absolute Gasteiger partial charge is 0.311 e. The van der Waals surface area contributed by atoms with E-state index in [1.807, 2.05) is 19.1 Å². The van der Waals surface area contributed by atoms with Gasteiger partial charge in [-0.25, -0.2) is 4.39 Å². The normalized spacial score (nSPS) is 21.2. The molecular weight excluding hydrogens is 347 g/mol. The summed E-state index contributed by atoms with van der Waals surface area (Å²) in [6, 6.07) is 6.94. The quantitative estimate of drug-likeness (QED) is 0.809. The lowest BCUT2D eigenvalue weighted by molar-refractivity contribution is -0.147. The molecule has 2 amide bonds. The SMILES string of the molecule is CCCNC(=O)C(=O)N1CCCC(N2CCN(c3ccc(F)cc3)CC2)C1. The van der Waals surface area contributed by atoms with Gasteiger partial charge in [0, 0.05) is 57.5 Å². The molecule has 0 saturated carbocycles. The van der Waals surface area contributed by atoms with Gasteiger partial charge in [0.05, 0.1) is 0 Å². The van der Waals surface area contributed by atoms with E-state index < -0.39 is 11.8 Å². The Morgan fingerprint density at radius 1 is 1.11 bits per heavy atom. The van der Waals surface area contributed by atoms with Crippen LogP contribution in [-0.4, -0.2) is 73.5 Å². The number of benzene rings is 1. The molecule has 1 aromatic rings. The molecule has 1 N–H and O–H groups in total. The Bertz CT molecular complexity index is 644. The summed E-state index contributed by atoms with van der Waals surface area (Å²) in [5.41, 5.74) is 1.05. The van der Waals surface area contributed by atoms with Gasteiger partial charge in [0.15, 0.2) is 0 Å². The van der Waals surface area contributed by atoms with Crippen molar-refractivity contribution in [1.29, 1.82) is 0 Å². The molecule has 27 heavy (non-hydrogen) atoms. The fourth-order valence-electron chi connectivity index (χ4n) is 3.89. The van der Waals surface area contributed by atoms with Crippen molar-refractivity contribution >= 4 is 17.5 Å². The number of likely N-dealkylation sites (tertiary alicyclic amines) is 1. The highest BCUT2D eigenvalue weighted by Gasteiger charge is 2.32. The van der Waals surface area contributed by atoms with Gasteiger partial charge in [-0.2, -0.15) is 0 Å². The zero-order valence-corrected chi connectivity index (χ0v) is 16.0. The highest BCUT2D eigenvalue weighted by molar-refractivity contribution is 6.35. The minimum atomic E-state index is -0.487. The van der Waals surface area contributed by atoms with Crippen LogP contribution >= 0.6 is 0 Å². The molecule has 7 heteroatoms. The lowest BCUT2D eigenvalue weighted by Crippen LogP contribution is -2.57. The van der Waals surface area contributed by atoms with Gasteiger partial charge < -0.3 is 15.1 Å². The molecule has 1 aromatic carbocycles. The van der Waals surface area contributed by atoms with Crippen LogP contribution in [0.25, 0.3) is 0 Å². The van der Waals surface area contributed by atoms with Gasteiger partial charge in [-0.15, -0.1) is 0 Å². The van der Waals surface area contributed by atoms with E-state index in [1.165, 1.54) is 12.1 Å². The first-order valence-electron chi connectivity index (χ1n) is 9.90. The zero-order chi connectivity index (χ0) is 19.2. The number of amides is 2. The third kappa shape index (κ3) is 4.97. The fraction of sp³-hybridized carbons (Fsp3) is 0.600. The molecule has 2 heterocycles. The van der Waals surface area contributed by atoms with Crippen LogP contribution < -0.4 is 10.2 Å². The monoisotopic (exact) mass is 376 g/mol. The second-order valence-electron chi connectivity index (χ2n) is 7.30. The van der Waals surface area contributed by atoms with Gasteiger partial charge in [0.1, 0.15) is 5.82 Å². The lowest BCUT2D eigenvalue weighted by Gasteiger charge is -2.43. The van der Waals surface area contributed by atoms with E-state index in [9.17, 15) is 14.0 Å². The van der Waals surface area contributed by atoms with E-state index in [0.717, 1.165) is 51.1 Å². The summed E-state index contributed by atoms with van der Waals surface area (Å²) in [5, 5.41) is 2.67. The van der Waals surface area contributed by atoms with Crippen LogP contribution in [0.1, 0.15) is 26.2 Å². The third-order valence-electron chi connectivity index (χ3n) is 5.44. The van der Waals surface area contributed by atoms with Crippen LogP contribution in [0.2, 0.25) is 0 Å². The van der Waals surface area contributed by atoms with Gasteiger partial charge >= 0.3 is 11.8 Å². The zero-order valence-electron chi connectivity index (χ0n) is 16.0. The number of hydrogen-bond donors (Lipinski definition) is 1. The van der Waals surface area contributed by atoms with Gasteiger partial charge in [-0.1, -0.05) is 6.92 Å². The first kappa shape index (κ1) is 19.6. The van der Waals surface area contributed by atoms with E-state index in [2.05, 4.69) is 15.1 Å². The first-order chi connectivity index (χ1) is 13.1. The molecule has 6 nitrogen and oxygen atoms in total. The minimum absolute atomic E-state index is 0.215. The summed E-state index contributed by atoms with van der Waals surface area (Å²) in [6.45, 7) is 7.36. The van der Waals surface area contributed by atoms with Crippen LogP contribution in [-0.2, 0) is 9.59 Å². The Morgan fingerprint density at radius 3 is 2.48 bits per heavy atom. The lowest BCUT2D eigenvalue weighted by atomic mass is 10.0. The van der Waals surface area contributed by atoms with Crippen LogP contribution in [0.4, 0.5) is 10.1 Å². The van der Waals surface area contributed by atoms with Crippen molar-refractivity contribution in [1.82, 2.24) is 15.1 Å². The molecule has 0 spiro atoms. The molecule has 0 bridgehead atoms. The Labute approximate surface area is 160 Å². The Kier molecular flexibility index (Phi) is 6.66. The predicted octanol–water partition coefficient (Wildman–Crippen LogP) is 1.46. The molecule has 3 rings (SSSR count). The summed E-state index contributed by atoms with van der Waals surface area (Å²) in [6.07, 6.45) is 2.80. The maximum Gasteiger partial charge on any atom is 0.311 e. The molecule has 1 atom stereocenters. The van der Waals surface area contributed by atoms with Crippen LogP contribution in [0.3, 0.4) is 0 Å². The fourth-order valence-corrected chi connectivity index (χ4v) is 3.89. The van der Waals surface area contributed by atoms with E-state index in [1.54, 1.807) is 4.90 Å². The molecule has 148 valence electrons. The van der Waals surface area contributed by atoms with Gasteiger partial charge in [0.25, 0.3) is 0 Å². The van der Waals surface area contributed by atoms with Gasteiger partial charge in [0.2, 0.25) is 0 Å². The van der Waals surface area contributed by atoms with Crippen molar-refractivity contribution in [2.45, 2.75) is 32.2 Å². The van der Waals surface area contributed by atoms with Gasteiger partial charge in [-0.3, -0.25) is 14.5 Å². The standard InChI is InChI=1S/C20H29FN4O2/c1-2-9-22-19(26)20(27)25-10-3-4-18(15-25)24-13-11-23(12-14-24)17-7-5-16(21)6-8-17/h5-8,18H,2-4,9-15H2,1H3,(H,22,26). The molecule has 2 fully saturated rings. The topological polar surface area (TPSA) is 55.9 Å². The number of hydrogen-bond acceptors (Lipinski definition) is 4. The average molecular weight is 376 g/mol. The maximum absolute atomic E-state index is 13.1. The van der Waals surface area contributed by atoms with Crippen molar-refractivity contribution < 1.29 is 14.0 Å². The summed E-state index contributed by atoms with van der Waals surface area (Å²) in [7, 11) is 0. The largest absolute Gasteiger partial charge is 0.369 e. The predicted molar refractivity (Wildman–Crippen MR) is 103 cm³/mol. The summed E-state index contributed by atoms with van der Waals surface area (Å²) < 4.78 is 13.1. The number of carbonyl (C=O) groups excluding carboxylic acids is 2. The number of anilines is 1. The van der Waals surface area contributed by atoms with E-state index in [4.69, 9.17) is 0 Å². The van der Waals surface area contributed by atoms with Crippen molar-refractivity contribution in [3.8, 4) is 0 Å². The molecule has 0 aliphatic carbocycles. The number of rotatable bonds is 4. The number of halogens is 1. The molecule has 0 aromatic heterocycles. The van der Waals surface area contributed by atoms with Crippen molar-refractivity contribution in [3.05, 3.63) is 30.1 Å². The number of nitrogens with one attached hydrogen (secondary N) is 1.